The lowest BCUT2D eigenvalue weighted by atomic mass is 10.1. The molecule has 0 saturated carbocycles. The number of oxime groups is 1. The lowest BCUT2D eigenvalue weighted by Gasteiger charge is -2.26. The molecule has 0 radical (unpaired) electrons. The van der Waals surface area contributed by atoms with E-state index in [4.69, 9.17) is 26.5 Å². The van der Waals surface area contributed by atoms with Crippen LogP contribution in [0.15, 0.2) is 34.0 Å². The zero-order valence-electron chi connectivity index (χ0n) is 15.4. The molecular formula is C18H22BrN3O3S. The molecule has 8 heteroatoms. The van der Waals surface area contributed by atoms with Crippen LogP contribution in [0.5, 0.6) is 11.5 Å². The first-order valence-electron chi connectivity index (χ1n) is 7.95. The van der Waals surface area contributed by atoms with E-state index in [1.807, 2.05) is 32.9 Å². The number of methoxy groups -OCH3 is 1. The fourth-order valence-electron chi connectivity index (χ4n) is 2.28. The molecule has 1 atom stereocenters. The van der Waals surface area contributed by atoms with Crippen LogP contribution in [0, 0.1) is 0 Å². The summed E-state index contributed by atoms with van der Waals surface area (Å²) in [7, 11) is 3.10. The number of fused-ring (bicyclic) bond motifs is 1. The van der Waals surface area contributed by atoms with Gasteiger partial charge in [-0.2, -0.15) is 0 Å². The Hall–Kier alpha value is -1.93. The summed E-state index contributed by atoms with van der Waals surface area (Å²) >= 11 is 8.90. The first-order chi connectivity index (χ1) is 12.3. The van der Waals surface area contributed by atoms with E-state index >= 15 is 0 Å². The topological polar surface area (TPSA) is 65.0 Å². The summed E-state index contributed by atoms with van der Waals surface area (Å²) in [6, 6.07) is 5.68. The molecule has 0 spiro atoms. The quantitative estimate of drug-likeness (QED) is 0.397. The number of thiocarbonyl (C=S) groups is 1. The molecule has 0 amide bonds. The molecule has 0 aliphatic rings. The van der Waals surface area contributed by atoms with Crippen LogP contribution in [-0.2, 0) is 4.84 Å². The Labute approximate surface area is 167 Å². The van der Waals surface area contributed by atoms with Crippen molar-refractivity contribution in [1.29, 1.82) is 0 Å². The number of halogens is 1. The zero-order chi connectivity index (χ0) is 19.3. The van der Waals surface area contributed by atoms with E-state index in [0.717, 1.165) is 15.4 Å². The molecule has 1 N–H and O–H groups in total. The minimum Gasteiger partial charge on any atom is -0.494 e. The Morgan fingerprint density at radius 1 is 1.35 bits per heavy atom. The SMILES string of the molecule is CON=CC(C)(C)NC(=S)C(C)Oc1cc(OC)c2ncc(Br)cc2c1. The Kier molecular flexibility index (Phi) is 6.77. The van der Waals surface area contributed by atoms with E-state index < -0.39 is 5.54 Å². The van der Waals surface area contributed by atoms with Crippen LogP contribution in [0.4, 0.5) is 0 Å². The number of hydrogen-bond donors (Lipinski definition) is 1. The van der Waals surface area contributed by atoms with Crippen LogP contribution >= 0.6 is 28.1 Å². The largest absolute Gasteiger partial charge is 0.494 e. The molecule has 1 heterocycles. The van der Waals surface area contributed by atoms with E-state index in [0.29, 0.717) is 16.5 Å². The third-order valence-electron chi connectivity index (χ3n) is 3.52. The van der Waals surface area contributed by atoms with Crippen molar-refractivity contribution in [2.75, 3.05) is 14.2 Å². The molecule has 0 bridgehead atoms. The van der Waals surface area contributed by atoms with Crippen LogP contribution in [0.25, 0.3) is 10.9 Å². The molecule has 0 aliphatic carbocycles. The fourth-order valence-corrected chi connectivity index (χ4v) is 2.94. The van der Waals surface area contributed by atoms with Crippen molar-refractivity contribution in [3.63, 3.8) is 0 Å². The van der Waals surface area contributed by atoms with Crippen LogP contribution in [0.2, 0.25) is 0 Å². The number of rotatable bonds is 7. The van der Waals surface area contributed by atoms with Crippen molar-refractivity contribution in [2.45, 2.75) is 32.4 Å². The first kappa shape index (κ1) is 20.4. The maximum Gasteiger partial charge on any atom is 0.148 e. The highest BCUT2D eigenvalue weighted by Crippen LogP contribution is 2.31. The monoisotopic (exact) mass is 439 g/mol. The normalized spacial score (nSPS) is 12.8. The van der Waals surface area contributed by atoms with Crippen LogP contribution < -0.4 is 14.8 Å². The highest BCUT2D eigenvalue weighted by molar-refractivity contribution is 9.10. The summed E-state index contributed by atoms with van der Waals surface area (Å²) in [6.07, 6.45) is 3.04. The first-order valence-corrected chi connectivity index (χ1v) is 9.15. The summed E-state index contributed by atoms with van der Waals surface area (Å²) in [5, 5.41) is 7.91. The van der Waals surface area contributed by atoms with Gasteiger partial charge in [-0.15, -0.1) is 0 Å². The van der Waals surface area contributed by atoms with Crippen LogP contribution in [0.1, 0.15) is 20.8 Å². The number of nitrogens with zero attached hydrogens (tertiary/aromatic N) is 2. The molecule has 2 aromatic rings. The second kappa shape index (κ2) is 8.64. The van der Waals surface area contributed by atoms with Crippen LogP contribution in [-0.4, -0.2) is 42.0 Å². The van der Waals surface area contributed by atoms with Crippen LogP contribution in [0.3, 0.4) is 0 Å². The van der Waals surface area contributed by atoms with E-state index in [9.17, 15) is 0 Å². The third kappa shape index (κ3) is 5.28. The van der Waals surface area contributed by atoms with Gasteiger partial charge in [-0.3, -0.25) is 4.98 Å². The molecule has 1 aromatic carbocycles. The van der Waals surface area contributed by atoms with E-state index in [1.165, 1.54) is 7.11 Å². The predicted octanol–water partition coefficient (Wildman–Crippen LogP) is 4.10. The number of ether oxygens (including phenoxy) is 2. The standard InChI is InChI=1S/C18H22BrN3O3S/c1-11(17(26)22-18(2,3)10-21-24-5)25-14-7-12-6-13(19)9-20-16(12)15(8-14)23-4/h6-11H,1-5H3,(H,22,26). The van der Waals surface area contributed by atoms with Gasteiger partial charge >= 0.3 is 0 Å². The van der Waals surface area contributed by atoms with Gasteiger partial charge in [-0.25, -0.2) is 0 Å². The number of benzene rings is 1. The second-order valence-electron chi connectivity index (χ2n) is 6.24. The molecule has 2 rings (SSSR count). The summed E-state index contributed by atoms with van der Waals surface area (Å²) < 4.78 is 12.3. The Balaban J connectivity index is 2.19. The summed E-state index contributed by atoms with van der Waals surface area (Å²) in [5.74, 6) is 1.29. The highest BCUT2D eigenvalue weighted by atomic mass is 79.9. The molecule has 0 saturated heterocycles. The van der Waals surface area contributed by atoms with Crippen molar-refractivity contribution < 1.29 is 14.3 Å². The third-order valence-corrected chi connectivity index (χ3v) is 4.38. The Morgan fingerprint density at radius 3 is 2.73 bits per heavy atom. The Bertz CT molecular complexity index is 827. The number of nitrogens with one attached hydrogen (secondary N) is 1. The van der Waals surface area contributed by atoms with Gasteiger partial charge in [0.05, 0.1) is 18.9 Å². The number of hydrogen-bond acceptors (Lipinski definition) is 6. The average molecular weight is 440 g/mol. The van der Waals surface area contributed by atoms with Gasteiger partial charge in [0.1, 0.15) is 35.2 Å². The van der Waals surface area contributed by atoms with E-state index in [2.05, 4.69) is 31.4 Å². The lowest BCUT2D eigenvalue weighted by Crippen LogP contribution is -2.48. The smallest absolute Gasteiger partial charge is 0.148 e. The van der Waals surface area contributed by atoms with Gasteiger partial charge in [0.15, 0.2) is 0 Å². The molecule has 0 aliphatic heterocycles. The number of aromatic nitrogens is 1. The lowest BCUT2D eigenvalue weighted by molar-refractivity contribution is 0.212. The van der Waals surface area contributed by atoms with Gasteiger partial charge in [0.25, 0.3) is 0 Å². The van der Waals surface area contributed by atoms with Gasteiger partial charge in [-0.1, -0.05) is 17.4 Å². The van der Waals surface area contributed by atoms with Crippen molar-refractivity contribution in [3.8, 4) is 11.5 Å². The average Bonchev–Trinajstić information content (AvgIpc) is 2.58. The van der Waals surface area contributed by atoms with Gasteiger partial charge in [0, 0.05) is 22.1 Å². The van der Waals surface area contributed by atoms with Crippen molar-refractivity contribution in [2.24, 2.45) is 5.16 Å². The molecule has 6 nitrogen and oxygen atoms in total. The molecule has 140 valence electrons. The maximum atomic E-state index is 6.01. The van der Waals surface area contributed by atoms with Gasteiger partial charge in [0.2, 0.25) is 0 Å². The molecule has 0 fully saturated rings. The molecule has 26 heavy (non-hydrogen) atoms. The van der Waals surface area contributed by atoms with E-state index in [-0.39, 0.29) is 6.10 Å². The maximum absolute atomic E-state index is 6.01. The van der Waals surface area contributed by atoms with Crippen molar-refractivity contribution >= 4 is 50.3 Å². The minimum absolute atomic E-state index is 0.345. The van der Waals surface area contributed by atoms with Gasteiger partial charge < -0.3 is 19.6 Å². The molecule has 1 aromatic heterocycles. The second-order valence-corrected chi connectivity index (χ2v) is 7.59. The minimum atomic E-state index is -0.458. The summed E-state index contributed by atoms with van der Waals surface area (Å²) in [4.78, 5) is 9.67. The highest BCUT2D eigenvalue weighted by Gasteiger charge is 2.21. The fraction of sp³-hybridized carbons (Fsp3) is 0.389. The Morgan fingerprint density at radius 2 is 2.08 bits per heavy atom. The molecule has 1 unspecified atom stereocenters. The van der Waals surface area contributed by atoms with Crippen molar-refractivity contribution in [3.05, 3.63) is 28.9 Å². The van der Waals surface area contributed by atoms with Gasteiger partial charge in [-0.05, 0) is 48.8 Å². The van der Waals surface area contributed by atoms with Crippen molar-refractivity contribution in [1.82, 2.24) is 10.3 Å². The predicted molar refractivity (Wildman–Crippen MR) is 111 cm³/mol. The summed E-state index contributed by atoms with van der Waals surface area (Å²) in [6.45, 7) is 5.77. The zero-order valence-corrected chi connectivity index (χ0v) is 17.8. The number of pyridine rings is 1. The van der Waals surface area contributed by atoms with E-state index in [1.54, 1.807) is 25.6 Å². The molecular weight excluding hydrogens is 418 g/mol. The summed E-state index contributed by atoms with van der Waals surface area (Å²) in [5.41, 5.74) is 0.314.